The molecule has 1 amide bonds. The number of methoxy groups -OCH3 is 1. The summed E-state index contributed by atoms with van der Waals surface area (Å²) in [6.07, 6.45) is 3.54. The first kappa shape index (κ1) is 18.5. The van der Waals surface area contributed by atoms with Crippen molar-refractivity contribution in [1.29, 1.82) is 0 Å². The molecule has 1 saturated heterocycles. The van der Waals surface area contributed by atoms with Gasteiger partial charge in [-0.3, -0.25) is 4.79 Å². The van der Waals surface area contributed by atoms with Gasteiger partial charge in [-0.05, 0) is 18.9 Å². The van der Waals surface area contributed by atoms with E-state index in [1.807, 2.05) is 54.2 Å². The fourth-order valence-electron chi connectivity index (χ4n) is 3.95. The van der Waals surface area contributed by atoms with Gasteiger partial charge in [-0.25, -0.2) is 0 Å². The maximum Gasteiger partial charge on any atom is 0.233 e. The summed E-state index contributed by atoms with van der Waals surface area (Å²) in [5.41, 5.74) is 1.64. The van der Waals surface area contributed by atoms with Crippen molar-refractivity contribution in [3.8, 4) is 5.75 Å². The quantitative estimate of drug-likeness (QED) is 0.789. The molecular formula is C21H27N5O2. The third-order valence-corrected chi connectivity index (χ3v) is 5.82. The van der Waals surface area contributed by atoms with Gasteiger partial charge in [0.05, 0.1) is 24.4 Å². The number of para-hydroxylation sites is 1. The Morgan fingerprint density at radius 2 is 1.86 bits per heavy atom. The maximum atomic E-state index is 13.4. The van der Waals surface area contributed by atoms with Crippen LogP contribution >= 0.6 is 0 Å². The summed E-state index contributed by atoms with van der Waals surface area (Å²) in [5, 5.41) is 8.39. The molecule has 1 aliphatic carbocycles. The number of rotatable bonds is 5. The van der Waals surface area contributed by atoms with E-state index in [0.29, 0.717) is 13.1 Å². The summed E-state index contributed by atoms with van der Waals surface area (Å²) in [6.45, 7) is 2.92. The van der Waals surface area contributed by atoms with Crippen LogP contribution in [0.25, 0.3) is 0 Å². The van der Waals surface area contributed by atoms with E-state index in [-0.39, 0.29) is 5.91 Å². The standard InChI is InChI=1S/C21H27N5O2/c1-24(2)16-14-19(23-22-15-16)25-10-12-26(13-11-25)20(27)21(8-9-21)17-6-4-5-7-18(17)28-3/h4-7,14-15H,8-13H2,1-3H3. The Kier molecular flexibility index (Phi) is 4.83. The molecule has 0 unspecified atom stereocenters. The van der Waals surface area contributed by atoms with Crippen LogP contribution in [-0.2, 0) is 10.2 Å². The van der Waals surface area contributed by atoms with Crippen LogP contribution in [-0.4, -0.2) is 68.4 Å². The van der Waals surface area contributed by atoms with Crippen molar-refractivity contribution >= 4 is 17.4 Å². The van der Waals surface area contributed by atoms with Crippen LogP contribution in [0.4, 0.5) is 11.5 Å². The third kappa shape index (κ3) is 3.25. The number of carbonyl (C=O) groups is 1. The second-order valence-electron chi connectivity index (χ2n) is 7.73. The molecule has 0 bridgehead atoms. The van der Waals surface area contributed by atoms with Crippen molar-refractivity contribution in [3.63, 3.8) is 0 Å². The lowest BCUT2D eigenvalue weighted by molar-refractivity contribution is -0.134. The summed E-state index contributed by atoms with van der Waals surface area (Å²) >= 11 is 0. The monoisotopic (exact) mass is 381 g/mol. The number of hydrogen-bond donors (Lipinski definition) is 0. The van der Waals surface area contributed by atoms with E-state index in [0.717, 1.165) is 48.7 Å². The van der Waals surface area contributed by atoms with E-state index in [4.69, 9.17) is 4.74 Å². The molecule has 0 radical (unpaired) electrons. The summed E-state index contributed by atoms with van der Waals surface area (Å²) in [6, 6.07) is 9.95. The molecular weight excluding hydrogens is 354 g/mol. The van der Waals surface area contributed by atoms with Crippen LogP contribution in [0.1, 0.15) is 18.4 Å². The van der Waals surface area contributed by atoms with Crippen molar-refractivity contribution in [3.05, 3.63) is 42.1 Å². The zero-order valence-corrected chi connectivity index (χ0v) is 16.8. The molecule has 7 heteroatoms. The van der Waals surface area contributed by atoms with Crippen LogP contribution in [0.3, 0.4) is 0 Å². The number of benzene rings is 1. The van der Waals surface area contributed by atoms with Crippen LogP contribution in [0.5, 0.6) is 5.75 Å². The lowest BCUT2D eigenvalue weighted by Crippen LogP contribution is -2.51. The largest absolute Gasteiger partial charge is 0.496 e. The summed E-state index contributed by atoms with van der Waals surface area (Å²) in [7, 11) is 5.65. The maximum absolute atomic E-state index is 13.4. The molecule has 0 atom stereocenters. The average molecular weight is 381 g/mol. The Morgan fingerprint density at radius 3 is 2.50 bits per heavy atom. The van der Waals surface area contributed by atoms with Gasteiger partial charge in [0.1, 0.15) is 5.75 Å². The highest BCUT2D eigenvalue weighted by atomic mass is 16.5. The zero-order valence-electron chi connectivity index (χ0n) is 16.8. The fraction of sp³-hybridized carbons (Fsp3) is 0.476. The van der Waals surface area contributed by atoms with E-state index in [9.17, 15) is 4.79 Å². The van der Waals surface area contributed by atoms with E-state index in [1.54, 1.807) is 13.3 Å². The first-order valence-electron chi connectivity index (χ1n) is 9.73. The molecule has 2 aliphatic rings. The highest BCUT2D eigenvalue weighted by Gasteiger charge is 2.54. The predicted molar refractivity (Wildman–Crippen MR) is 109 cm³/mol. The minimum atomic E-state index is -0.403. The Bertz CT molecular complexity index is 857. The van der Waals surface area contributed by atoms with Gasteiger partial charge in [0.15, 0.2) is 5.82 Å². The summed E-state index contributed by atoms with van der Waals surface area (Å²) < 4.78 is 5.52. The van der Waals surface area contributed by atoms with E-state index in [2.05, 4.69) is 15.1 Å². The Balaban J connectivity index is 1.45. The van der Waals surface area contributed by atoms with Crippen molar-refractivity contribution in [2.24, 2.45) is 0 Å². The zero-order chi connectivity index (χ0) is 19.7. The molecule has 1 saturated carbocycles. The van der Waals surface area contributed by atoms with Gasteiger partial charge in [-0.2, -0.15) is 5.10 Å². The van der Waals surface area contributed by atoms with Crippen molar-refractivity contribution in [2.45, 2.75) is 18.3 Å². The number of hydrogen-bond acceptors (Lipinski definition) is 6. The highest BCUT2D eigenvalue weighted by molar-refractivity contribution is 5.92. The minimum Gasteiger partial charge on any atom is -0.496 e. The second-order valence-corrected chi connectivity index (χ2v) is 7.73. The molecule has 1 aromatic heterocycles. The predicted octanol–water partition coefficient (Wildman–Crippen LogP) is 1.93. The normalized spacial score (nSPS) is 18.0. The summed E-state index contributed by atoms with van der Waals surface area (Å²) in [4.78, 5) is 19.6. The van der Waals surface area contributed by atoms with Crippen LogP contribution in [0.15, 0.2) is 36.5 Å². The van der Waals surface area contributed by atoms with Gasteiger partial charge in [0, 0.05) is 51.9 Å². The van der Waals surface area contributed by atoms with Crippen molar-refractivity contribution in [2.75, 3.05) is 57.2 Å². The fourth-order valence-corrected chi connectivity index (χ4v) is 3.95. The number of anilines is 2. The topological polar surface area (TPSA) is 61.8 Å². The number of piperazine rings is 1. The Hall–Kier alpha value is -2.83. The molecule has 1 aromatic carbocycles. The van der Waals surface area contributed by atoms with Crippen LogP contribution < -0.4 is 14.5 Å². The Morgan fingerprint density at radius 1 is 1.14 bits per heavy atom. The number of ether oxygens (including phenoxy) is 1. The smallest absolute Gasteiger partial charge is 0.233 e. The molecule has 2 aromatic rings. The molecule has 7 nitrogen and oxygen atoms in total. The second kappa shape index (κ2) is 7.30. The van der Waals surface area contributed by atoms with Crippen LogP contribution in [0, 0.1) is 0 Å². The number of amides is 1. The summed E-state index contributed by atoms with van der Waals surface area (Å²) in [5.74, 6) is 1.90. The Labute approximate surface area is 165 Å². The van der Waals surface area contributed by atoms with Crippen molar-refractivity contribution < 1.29 is 9.53 Å². The van der Waals surface area contributed by atoms with Gasteiger partial charge in [-0.15, -0.1) is 5.10 Å². The van der Waals surface area contributed by atoms with Crippen LogP contribution in [0.2, 0.25) is 0 Å². The average Bonchev–Trinajstić information content (AvgIpc) is 3.55. The molecule has 0 spiro atoms. The number of aromatic nitrogens is 2. The molecule has 28 heavy (non-hydrogen) atoms. The number of carbonyl (C=O) groups excluding carboxylic acids is 1. The van der Waals surface area contributed by atoms with Gasteiger partial charge in [0.25, 0.3) is 0 Å². The highest BCUT2D eigenvalue weighted by Crippen LogP contribution is 2.52. The molecule has 0 N–H and O–H groups in total. The molecule has 2 heterocycles. The van der Waals surface area contributed by atoms with Gasteiger partial charge < -0.3 is 19.4 Å². The minimum absolute atomic E-state index is 0.227. The molecule has 1 aliphatic heterocycles. The SMILES string of the molecule is COc1ccccc1C1(C(=O)N2CCN(c3cc(N(C)C)cnn3)CC2)CC1. The number of nitrogens with zero attached hydrogens (tertiary/aromatic N) is 5. The van der Waals surface area contributed by atoms with Gasteiger partial charge in [0.2, 0.25) is 5.91 Å². The lowest BCUT2D eigenvalue weighted by Gasteiger charge is -2.37. The lowest BCUT2D eigenvalue weighted by atomic mass is 9.93. The van der Waals surface area contributed by atoms with E-state index in [1.165, 1.54) is 0 Å². The van der Waals surface area contributed by atoms with Gasteiger partial charge in [-0.1, -0.05) is 18.2 Å². The van der Waals surface area contributed by atoms with Crippen molar-refractivity contribution in [1.82, 2.24) is 15.1 Å². The van der Waals surface area contributed by atoms with Gasteiger partial charge >= 0.3 is 0 Å². The third-order valence-electron chi connectivity index (χ3n) is 5.82. The molecule has 148 valence electrons. The molecule has 2 fully saturated rings. The first-order valence-corrected chi connectivity index (χ1v) is 9.73. The van der Waals surface area contributed by atoms with E-state index < -0.39 is 5.41 Å². The van der Waals surface area contributed by atoms with E-state index >= 15 is 0 Å². The molecule has 4 rings (SSSR count). The first-order chi connectivity index (χ1) is 13.5.